The molecule has 0 spiro atoms. The summed E-state index contributed by atoms with van der Waals surface area (Å²) in [6.45, 7) is 0.710. The molecule has 1 atom stereocenters. The number of pyridine rings is 1. The van der Waals surface area contributed by atoms with Gasteiger partial charge in [-0.1, -0.05) is 17.9 Å². The number of nitrogen functional groups attached to an aromatic ring is 1. The minimum atomic E-state index is -0.666. The predicted octanol–water partition coefficient (Wildman–Crippen LogP) is 3.32. The van der Waals surface area contributed by atoms with Crippen molar-refractivity contribution in [2.75, 3.05) is 19.4 Å². The fourth-order valence-corrected chi connectivity index (χ4v) is 4.93. The first-order chi connectivity index (χ1) is 18.3. The molecule has 1 unspecified atom stereocenters. The highest BCUT2D eigenvalue weighted by Crippen LogP contribution is 2.33. The lowest BCUT2D eigenvalue weighted by Gasteiger charge is -2.33. The van der Waals surface area contributed by atoms with Crippen LogP contribution >= 0.6 is 0 Å². The Balaban J connectivity index is 1.33. The summed E-state index contributed by atoms with van der Waals surface area (Å²) in [5, 5.41) is 9.63. The average molecular weight is 510 g/mol. The summed E-state index contributed by atoms with van der Waals surface area (Å²) in [5.74, 6) is 5.39. The smallest absolute Gasteiger partial charge is 0.257 e. The maximum Gasteiger partial charge on any atom is 0.257 e. The van der Waals surface area contributed by atoms with Gasteiger partial charge in [0.15, 0.2) is 0 Å². The van der Waals surface area contributed by atoms with Crippen molar-refractivity contribution in [1.29, 1.82) is 0 Å². The van der Waals surface area contributed by atoms with E-state index in [2.05, 4.69) is 27.0 Å². The van der Waals surface area contributed by atoms with Crippen LogP contribution in [0.2, 0.25) is 0 Å². The summed E-state index contributed by atoms with van der Waals surface area (Å²) in [6, 6.07) is 8.24. The van der Waals surface area contributed by atoms with Crippen LogP contribution in [0.1, 0.15) is 38.7 Å². The van der Waals surface area contributed by atoms with Gasteiger partial charge in [0.2, 0.25) is 0 Å². The van der Waals surface area contributed by atoms with Crippen molar-refractivity contribution in [3.8, 4) is 11.8 Å². The van der Waals surface area contributed by atoms with E-state index in [1.54, 1.807) is 35.9 Å². The molecule has 2 aromatic carbocycles. The van der Waals surface area contributed by atoms with Crippen molar-refractivity contribution in [3.63, 3.8) is 0 Å². The van der Waals surface area contributed by atoms with Gasteiger partial charge in [-0.05, 0) is 29.3 Å². The zero-order chi connectivity index (χ0) is 26.6. The number of hydrogen-bond acceptors (Lipinski definition) is 6. The molecule has 6 rings (SSSR count). The molecule has 9 nitrogen and oxygen atoms in total. The van der Waals surface area contributed by atoms with E-state index in [9.17, 15) is 4.79 Å². The SMILES string of the molecule is CN(C(=O)c1cc2c(cc1F)nc(N)c1cnn(C)c12)C1COCc2cc(C#Cc3cnn(C)c3)ccc21. The number of halogens is 1. The largest absolute Gasteiger partial charge is 0.383 e. The van der Waals surface area contributed by atoms with E-state index in [-0.39, 0.29) is 17.4 Å². The van der Waals surface area contributed by atoms with Crippen LogP contribution in [0, 0.1) is 17.7 Å². The fraction of sp³-hybridized carbons (Fsp3) is 0.214. The number of nitrogens with two attached hydrogens (primary N) is 1. The molecule has 0 aliphatic carbocycles. The first-order valence-corrected chi connectivity index (χ1v) is 12.0. The monoisotopic (exact) mass is 509 g/mol. The molecule has 4 heterocycles. The number of carbonyl (C=O) groups excluding carboxylic acids is 1. The summed E-state index contributed by atoms with van der Waals surface area (Å²) in [4.78, 5) is 19.4. The molecule has 3 aromatic heterocycles. The van der Waals surface area contributed by atoms with Gasteiger partial charge in [-0.2, -0.15) is 10.2 Å². The summed E-state index contributed by atoms with van der Waals surface area (Å²) >= 11 is 0. The van der Waals surface area contributed by atoms with Gasteiger partial charge < -0.3 is 15.4 Å². The van der Waals surface area contributed by atoms with Crippen LogP contribution in [0.4, 0.5) is 10.2 Å². The Bertz CT molecular complexity index is 1810. The lowest BCUT2D eigenvalue weighted by Crippen LogP contribution is -2.36. The number of amides is 1. The predicted molar refractivity (Wildman–Crippen MR) is 141 cm³/mol. The maximum absolute atomic E-state index is 15.2. The van der Waals surface area contributed by atoms with Crippen molar-refractivity contribution in [1.82, 2.24) is 29.4 Å². The van der Waals surface area contributed by atoms with Gasteiger partial charge in [-0.15, -0.1) is 0 Å². The molecule has 0 saturated carbocycles. The number of ether oxygens (including phenoxy) is 1. The molecule has 38 heavy (non-hydrogen) atoms. The number of benzene rings is 2. The van der Waals surface area contributed by atoms with E-state index in [1.807, 2.05) is 31.4 Å². The standard InChI is InChI=1S/C28H24FN7O2/c1-34-13-17(11-31-34)5-4-16-6-7-19-18(8-16)14-38-15-25(19)35(2)28(37)20-9-21-24(10-23(20)29)33-27(30)22-12-32-36(3)26(21)22/h6-13,25H,14-15H2,1-3H3,(H2,30,33). The minimum absolute atomic E-state index is 0.0554. The second-order valence-corrected chi connectivity index (χ2v) is 9.39. The summed E-state index contributed by atoms with van der Waals surface area (Å²) in [5.41, 5.74) is 10.6. The third-order valence-electron chi connectivity index (χ3n) is 6.91. The van der Waals surface area contributed by atoms with Gasteiger partial charge in [0.25, 0.3) is 5.91 Å². The molecule has 190 valence electrons. The van der Waals surface area contributed by atoms with Crippen LogP contribution < -0.4 is 5.73 Å². The number of fused-ring (bicyclic) bond motifs is 4. The molecule has 10 heteroatoms. The van der Waals surface area contributed by atoms with Crippen molar-refractivity contribution >= 4 is 33.5 Å². The molecule has 2 N–H and O–H groups in total. The molecule has 5 aromatic rings. The lowest BCUT2D eigenvalue weighted by atomic mass is 9.95. The Morgan fingerprint density at radius 2 is 1.95 bits per heavy atom. The van der Waals surface area contributed by atoms with Gasteiger partial charge >= 0.3 is 0 Å². The van der Waals surface area contributed by atoms with Crippen LogP contribution in [0.5, 0.6) is 0 Å². The highest BCUT2D eigenvalue weighted by atomic mass is 19.1. The summed E-state index contributed by atoms with van der Waals surface area (Å²) < 4.78 is 24.4. The highest BCUT2D eigenvalue weighted by Gasteiger charge is 2.30. The van der Waals surface area contributed by atoms with Crippen LogP contribution in [-0.4, -0.2) is 49.0 Å². The molecule has 0 fully saturated rings. The summed E-state index contributed by atoms with van der Waals surface area (Å²) in [7, 11) is 5.27. The number of rotatable bonds is 2. The van der Waals surface area contributed by atoms with E-state index >= 15 is 4.39 Å². The number of likely N-dealkylation sites (N-methyl/N-ethyl adjacent to an activating group) is 1. The second kappa shape index (κ2) is 8.97. The van der Waals surface area contributed by atoms with E-state index in [1.165, 1.54) is 17.0 Å². The van der Waals surface area contributed by atoms with Gasteiger partial charge in [-0.25, -0.2) is 9.37 Å². The Kier molecular flexibility index (Phi) is 5.58. The van der Waals surface area contributed by atoms with Gasteiger partial charge in [0, 0.05) is 44.4 Å². The molecule has 0 saturated heterocycles. The molecule has 1 aliphatic rings. The Hall–Kier alpha value is -4.75. The maximum atomic E-state index is 15.2. The molecule has 0 radical (unpaired) electrons. The first-order valence-electron chi connectivity index (χ1n) is 12.0. The first kappa shape index (κ1) is 23.6. The number of aromatic nitrogens is 5. The molecular formula is C28H24FN7O2. The van der Waals surface area contributed by atoms with Crippen molar-refractivity contribution in [2.24, 2.45) is 14.1 Å². The topological polar surface area (TPSA) is 104 Å². The van der Waals surface area contributed by atoms with Crippen LogP contribution in [0.3, 0.4) is 0 Å². The molecular weight excluding hydrogens is 485 g/mol. The second-order valence-electron chi connectivity index (χ2n) is 9.39. The normalized spacial score (nSPS) is 14.8. The van der Waals surface area contributed by atoms with E-state index in [0.29, 0.717) is 35.0 Å². The number of nitrogens with zero attached hydrogens (tertiary/aromatic N) is 6. The lowest BCUT2D eigenvalue weighted by molar-refractivity contribution is 0.0343. The van der Waals surface area contributed by atoms with Crippen LogP contribution in [0.25, 0.3) is 21.8 Å². The van der Waals surface area contributed by atoms with Crippen LogP contribution in [0.15, 0.2) is 48.9 Å². The van der Waals surface area contributed by atoms with Gasteiger partial charge in [0.1, 0.15) is 11.6 Å². The highest BCUT2D eigenvalue weighted by molar-refractivity contribution is 6.10. The third kappa shape index (κ3) is 3.93. The Morgan fingerprint density at radius 3 is 2.74 bits per heavy atom. The van der Waals surface area contributed by atoms with Crippen molar-refractivity contribution < 1.29 is 13.9 Å². The Labute approximate surface area is 217 Å². The zero-order valence-corrected chi connectivity index (χ0v) is 21.1. The zero-order valence-electron chi connectivity index (χ0n) is 21.1. The van der Waals surface area contributed by atoms with Crippen molar-refractivity contribution in [3.05, 3.63) is 82.6 Å². The molecule has 0 bridgehead atoms. The quantitative estimate of drug-likeness (QED) is 0.366. The van der Waals surface area contributed by atoms with E-state index in [0.717, 1.165) is 22.3 Å². The Morgan fingerprint density at radius 1 is 1.13 bits per heavy atom. The number of aryl methyl sites for hydroxylation is 2. The van der Waals surface area contributed by atoms with E-state index in [4.69, 9.17) is 10.5 Å². The van der Waals surface area contributed by atoms with Crippen LogP contribution in [-0.2, 0) is 25.4 Å². The average Bonchev–Trinajstić information content (AvgIpc) is 3.51. The van der Waals surface area contributed by atoms with Gasteiger partial charge in [0.05, 0.1) is 59.2 Å². The minimum Gasteiger partial charge on any atom is -0.383 e. The third-order valence-corrected chi connectivity index (χ3v) is 6.91. The summed E-state index contributed by atoms with van der Waals surface area (Å²) in [6.07, 6.45) is 5.17. The van der Waals surface area contributed by atoms with E-state index < -0.39 is 11.7 Å². The number of hydrogen-bond donors (Lipinski definition) is 1. The fourth-order valence-electron chi connectivity index (χ4n) is 4.93. The molecule has 1 amide bonds. The van der Waals surface area contributed by atoms with Crippen molar-refractivity contribution in [2.45, 2.75) is 12.6 Å². The van der Waals surface area contributed by atoms with Gasteiger partial charge in [-0.3, -0.25) is 14.2 Å². The molecule has 1 aliphatic heterocycles. The number of anilines is 1. The number of carbonyl (C=O) groups is 1.